The minimum Gasteiger partial charge on any atom is -0.352 e. The normalized spacial score (nSPS) is 11.7. The molecule has 0 saturated heterocycles. The number of fused-ring (bicyclic) bond motifs is 1. The van der Waals surface area contributed by atoms with Gasteiger partial charge in [-0.05, 0) is 23.8 Å². The van der Waals surface area contributed by atoms with Crippen LogP contribution in [0.3, 0.4) is 0 Å². The summed E-state index contributed by atoms with van der Waals surface area (Å²) in [5, 5.41) is 9.08. The molecule has 0 radical (unpaired) electrons. The van der Waals surface area contributed by atoms with Crippen LogP contribution in [0.4, 0.5) is 22.0 Å². The van der Waals surface area contributed by atoms with Gasteiger partial charge in [-0.1, -0.05) is 12.1 Å². The highest BCUT2D eigenvalue weighted by Gasteiger charge is 2.27. The predicted molar refractivity (Wildman–Crippen MR) is 103 cm³/mol. The molecule has 0 aliphatic heterocycles. The standard InChI is InChI=1S/C20H18F5N5O2/c21-18(22)13-2-1-3-14(7-13)19(32)27-10-15-11-30-16(29-15)6-12(9-28-30)8-26-17(31)4-5-20(23,24)25/h1-3,6-7,9,11,18H,4-5,8,10H2,(H,26,31)(H,27,32). The van der Waals surface area contributed by atoms with Crippen molar-refractivity contribution in [3.05, 3.63) is 65.1 Å². The van der Waals surface area contributed by atoms with Gasteiger partial charge in [0.2, 0.25) is 5.91 Å². The van der Waals surface area contributed by atoms with Crippen molar-refractivity contribution >= 4 is 17.5 Å². The molecular formula is C20H18F5N5O2. The molecule has 2 N–H and O–H groups in total. The van der Waals surface area contributed by atoms with Crippen molar-refractivity contribution < 1.29 is 31.5 Å². The maximum absolute atomic E-state index is 12.8. The van der Waals surface area contributed by atoms with Crippen LogP contribution in [-0.4, -0.2) is 32.6 Å². The molecule has 2 amide bonds. The monoisotopic (exact) mass is 455 g/mol. The van der Waals surface area contributed by atoms with Crippen molar-refractivity contribution in [1.82, 2.24) is 25.2 Å². The zero-order chi connectivity index (χ0) is 23.3. The first-order chi connectivity index (χ1) is 15.1. The van der Waals surface area contributed by atoms with Crippen LogP contribution in [0.5, 0.6) is 0 Å². The highest BCUT2D eigenvalue weighted by molar-refractivity contribution is 5.94. The van der Waals surface area contributed by atoms with Crippen LogP contribution in [0.25, 0.3) is 5.65 Å². The molecule has 3 rings (SSSR count). The molecule has 170 valence electrons. The lowest BCUT2D eigenvalue weighted by Crippen LogP contribution is -2.24. The number of alkyl halides is 5. The van der Waals surface area contributed by atoms with Gasteiger partial charge in [-0.2, -0.15) is 18.3 Å². The van der Waals surface area contributed by atoms with Crippen LogP contribution in [0.1, 0.15) is 46.4 Å². The van der Waals surface area contributed by atoms with Crippen LogP contribution in [0.15, 0.2) is 42.7 Å². The van der Waals surface area contributed by atoms with Gasteiger partial charge in [0.05, 0.1) is 31.1 Å². The van der Waals surface area contributed by atoms with E-state index >= 15 is 0 Å². The Morgan fingerprint density at radius 2 is 1.88 bits per heavy atom. The van der Waals surface area contributed by atoms with E-state index in [2.05, 4.69) is 20.7 Å². The van der Waals surface area contributed by atoms with E-state index in [9.17, 15) is 31.5 Å². The second kappa shape index (κ2) is 9.71. The first-order valence-electron chi connectivity index (χ1n) is 9.43. The molecule has 0 spiro atoms. The molecule has 12 heteroatoms. The molecule has 0 unspecified atom stereocenters. The number of aromatic nitrogens is 3. The lowest BCUT2D eigenvalue weighted by Gasteiger charge is -2.07. The van der Waals surface area contributed by atoms with E-state index in [4.69, 9.17) is 0 Å². The number of carbonyl (C=O) groups is 2. The molecule has 0 bridgehead atoms. The summed E-state index contributed by atoms with van der Waals surface area (Å²) in [6.45, 7) is 0.00417. The Balaban J connectivity index is 1.57. The van der Waals surface area contributed by atoms with Gasteiger partial charge in [0.15, 0.2) is 5.65 Å². The number of halogens is 5. The Morgan fingerprint density at radius 1 is 1.09 bits per heavy atom. The van der Waals surface area contributed by atoms with Gasteiger partial charge in [0.1, 0.15) is 0 Å². The number of nitrogens with zero attached hydrogens (tertiary/aromatic N) is 3. The highest BCUT2D eigenvalue weighted by Crippen LogP contribution is 2.21. The van der Waals surface area contributed by atoms with E-state index < -0.39 is 37.3 Å². The first kappa shape index (κ1) is 23.1. The smallest absolute Gasteiger partial charge is 0.352 e. The second-order valence-corrected chi connectivity index (χ2v) is 6.90. The fraction of sp³-hybridized carbons (Fsp3) is 0.300. The third-order valence-corrected chi connectivity index (χ3v) is 4.38. The third kappa shape index (κ3) is 6.46. The quantitative estimate of drug-likeness (QED) is 0.509. The number of benzene rings is 1. The predicted octanol–water partition coefficient (Wildman–Crippen LogP) is 3.56. The number of amides is 2. The van der Waals surface area contributed by atoms with Gasteiger partial charge in [-0.25, -0.2) is 18.3 Å². The minimum atomic E-state index is -4.40. The van der Waals surface area contributed by atoms with Gasteiger partial charge in [-0.3, -0.25) is 9.59 Å². The van der Waals surface area contributed by atoms with Crippen molar-refractivity contribution in [3.8, 4) is 0 Å². The highest BCUT2D eigenvalue weighted by atomic mass is 19.4. The van der Waals surface area contributed by atoms with Crippen molar-refractivity contribution in [1.29, 1.82) is 0 Å². The number of hydrogen-bond donors (Lipinski definition) is 2. The molecule has 0 aliphatic carbocycles. The van der Waals surface area contributed by atoms with Crippen molar-refractivity contribution in [2.45, 2.75) is 38.5 Å². The Labute approximate surface area is 178 Å². The Kier molecular flexibility index (Phi) is 7.01. The van der Waals surface area contributed by atoms with E-state index in [0.29, 0.717) is 16.9 Å². The largest absolute Gasteiger partial charge is 0.389 e. The molecule has 0 aliphatic rings. The zero-order valence-electron chi connectivity index (χ0n) is 16.5. The SMILES string of the molecule is O=C(CCC(F)(F)F)NCc1cnn2cc(CNC(=O)c3cccc(C(F)F)c3)nc2c1. The van der Waals surface area contributed by atoms with E-state index in [1.54, 1.807) is 12.3 Å². The second-order valence-electron chi connectivity index (χ2n) is 6.90. The lowest BCUT2D eigenvalue weighted by molar-refractivity contribution is -0.144. The Bertz CT molecular complexity index is 1110. The summed E-state index contributed by atoms with van der Waals surface area (Å²) in [6.07, 6.45) is -5.96. The summed E-state index contributed by atoms with van der Waals surface area (Å²) in [4.78, 5) is 28.0. The molecule has 7 nitrogen and oxygen atoms in total. The van der Waals surface area contributed by atoms with Crippen LogP contribution in [0, 0.1) is 0 Å². The van der Waals surface area contributed by atoms with Gasteiger partial charge in [-0.15, -0.1) is 0 Å². The van der Waals surface area contributed by atoms with Gasteiger partial charge in [0.25, 0.3) is 12.3 Å². The molecule has 0 atom stereocenters. The number of imidazole rings is 1. The average molecular weight is 455 g/mol. The summed E-state index contributed by atoms with van der Waals surface area (Å²) in [7, 11) is 0. The van der Waals surface area contributed by atoms with E-state index in [1.807, 2.05) is 0 Å². The van der Waals surface area contributed by atoms with Crippen molar-refractivity contribution in [2.24, 2.45) is 0 Å². The summed E-state index contributed by atoms with van der Waals surface area (Å²) >= 11 is 0. The summed E-state index contributed by atoms with van der Waals surface area (Å²) in [6, 6.07) is 6.72. The number of carbonyl (C=O) groups excluding carboxylic acids is 2. The fourth-order valence-electron chi connectivity index (χ4n) is 2.78. The van der Waals surface area contributed by atoms with Crippen LogP contribution in [0.2, 0.25) is 0 Å². The molecule has 3 aromatic rings. The van der Waals surface area contributed by atoms with E-state index in [1.165, 1.54) is 28.9 Å². The van der Waals surface area contributed by atoms with E-state index in [-0.39, 0.29) is 24.2 Å². The maximum Gasteiger partial charge on any atom is 0.389 e. The van der Waals surface area contributed by atoms with Crippen LogP contribution >= 0.6 is 0 Å². The molecule has 2 heterocycles. The number of hydrogen-bond acceptors (Lipinski definition) is 4. The minimum absolute atomic E-state index is 0.0143. The summed E-state index contributed by atoms with van der Waals surface area (Å²) in [5.74, 6) is -1.27. The first-order valence-corrected chi connectivity index (χ1v) is 9.43. The lowest BCUT2D eigenvalue weighted by atomic mass is 10.1. The maximum atomic E-state index is 12.8. The Morgan fingerprint density at radius 3 is 2.59 bits per heavy atom. The van der Waals surface area contributed by atoms with Crippen LogP contribution in [-0.2, 0) is 17.9 Å². The van der Waals surface area contributed by atoms with Crippen molar-refractivity contribution in [2.75, 3.05) is 0 Å². The van der Waals surface area contributed by atoms with E-state index in [0.717, 1.165) is 6.07 Å². The fourth-order valence-corrected chi connectivity index (χ4v) is 2.78. The summed E-state index contributed by atoms with van der Waals surface area (Å²) < 4.78 is 63.5. The Hall–Kier alpha value is -3.57. The average Bonchev–Trinajstić information content (AvgIpc) is 3.16. The topological polar surface area (TPSA) is 88.4 Å². The molecule has 0 saturated carbocycles. The van der Waals surface area contributed by atoms with Gasteiger partial charge in [0, 0.05) is 24.1 Å². The molecule has 32 heavy (non-hydrogen) atoms. The van der Waals surface area contributed by atoms with Crippen LogP contribution < -0.4 is 10.6 Å². The summed E-state index contributed by atoms with van der Waals surface area (Å²) in [5.41, 5.74) is 1.21. The van der Waals surface area contributed by atoms with Gasteiger partial charge < -0.3 is 10.6 Å². The molecule has 1 aromatic carbocycles. The molecule has 2 aromatic heterocycles. The number of nitrogens with one attached hydrogen (secondary N) is 2. The molecular weight excluding hydrogens is 437 g/mol. The zero-order valence-corrected chi connectivity index (χ0v) is 16.5. The van der Waals surface area contributed by atoms with Gasteiger partial charge >= 0.3 is 6.18 Å². The molecule has 0 fully saturated rings. The van der Waals surface area contributed by atoms with Crippen molar-refractivity contribution in [3.63, 3.8) is 0 Å². The third-order valence-electron chi connectivity index (χ3n) is 4.38. The number of rotatable bonds is 8.